The van der Waals surface area contributed by atoms with E-state index in [9.17, 15) is 4.79 Å². The van der Waals surface area contributed by atoms with Gasteiger partial charge in [0.2, 0.25) is 0 Å². The van der Waals surface area contributed by atoms with E-state index in [0.29, 0.717) is 32.5 Å². The van der Waals surface area contributed by atoms with E-state index in [0.717, 1.165) is 24.5 Å². The van der Waals surface area contributed by atoms with Gasteiger partial charge in [0.15, 0.2) is 5.16 Å². The van der Waals surface area contributed by atoms with Gasteiger partial charge in [0.1, 0.15) is 11.6 Å². The molecule has 2 heterocycles. The quantitative estimate of drug-likeness (QED) is 0.236. The van der Waals surface area contributed by atoms with Crippen LogP contribution in [0.4, 0.5) is 0 Å². The number of fused-ring (bicyclic) bond motifs is 1. The molecule has 2 aromatic heterocycles. The Morgan fingerprint density at radius 3 is 2.80 bits per heavy atom. The molecule has 0 radical (unpaired) electrons. The van der Waals surface area contributed by atoms with Crippen molar-refractivity contribution in [3.63, 3.8) is 0 Å². The van der Waals surface area contributed by atoms with Gasteiger partial charge in [-0.1, -0.05) is 35.5 Å². The van der Waals surface area contributed by atoms with Crippen LogP contribution in [0.5, 0.6) is 5.75 Å². The fourth-order valence-electron chi connectivity index (χ4n) is 3.30. The van der Waals surface area contributed by atoms with Gasteiger partial charge in [-0.2, -0.15) is 0 Å². The van der Waals surface area contributed by atoms with Gasteiger partial charge < -0.3 is 9.30 Å². The summed E-state index contributed by atoms with van der Waals surface area (Å²) in [5, 5.41) is 1.68. The largest absolute Gasteiger partial charge is 0.495 e. The summed E-state index contributed by atoms with van der Waals surface area (Å²) in [6.45, 7) is 2.85. The lowest BCUT2D eigenvalue weighted by Gasteiger charge is -2.16. The van der Waals surface area contributed by atoms with Crippen molar-refractivity contribution in [3.8, 4) is 11.4 Å². The molecule has 0 aliphatic carbocycles. The zero-order valence-electron chi connectivity index (χ0n) is 16.7. The van der Waals surface area contributed by atoms with E-state index in [2.05, 4.69) is 9.55 Å². The molecule has 0 spiro atoms. The Bertz CT molecular complexity index is 1250. The van der Waals surface area contributed by atoms with Crippen molar-refractivity contribution < 1.29 is 4.74 Å². The Morgan fingerprint density at radius 1 is 1.20 bits per heavy atom. The Balaban J connectivity index is 1.72. The van der Waals surface area contributed by atoms with Crippen molar-refractivity contribution in [1.29, 1.82) is 0 Å². The van der Waals surface area contributed by atoms with Crippen molar-refractivity contribution >= 4 is 34.3 Å². The third-order valence-corrected chi connectivity index (χ3v) is 6.08. The summed E-state index contributed by atoms with van der Waals surface area (Å²) in [4.78, 5) is 22.4. The molecule has 8 heteroatoms. The first-order valence-electron chi connectivity index (χ1n) is 9.54. The first kappa shape index (κ1) is 20.5. The summed E-state index contributed by atoms with van der Waals surface area (Å²) >= 11 is 7.69. The fraction of sp³-hybridized carbons (Fsp3) is 0.227. The highest BCUT2D eigenvalue weighted by Gasteiger charge is 2.16. The topological polar surface area (TPSA) is 61.9 Å². The molecule has 4 rings (SSSR count). The number of halogens is 1. The number of aromatic nitrogens is 4. The van der Waals surface area contributed by atoms with Crippen molar-refractivity contribution in [2.45, 2.75) is 25.0 Å². The van der Waals surface area contributed by atoms with Crippen molar-refractivity contribution in [2.24, 2.45) is 0 Å². The molecular formula is C22H21ClN4O2S. The van der Waals surface area contributed by atoms with Crippen LogP contribution < -0.4 is 10.3 Å². The van der Waals surface area contributed by atoms with Crippen LogP contribution in [0.25, 0.3) is 16.6 Å². The maximum atomic E-state index is 13.4. The van der Waals surface area contributed by atoms with Crippen LogP contribution in [0.1, 0.15) is 12.2 Å². The molecule has 0 fully saturated rings. The second-order valence-corrected chi connectivity index (χ2v) is 8.24. The highest BCUT2D eigenvalue weighted by Crippen LogP contribution is 2.28. The first-order valence-corrected chi connectivity index (χ1v) is 10.9. The number of methoxy groups -OCH3 is 1. The standard InChI is InChI=1S/C22H21ClN4O2S/c1-15-24-10-12-26(15)11-5-13-30-22-25-18-14-16(23)8-9-17(18)21(28)27(22)19-6-3-4-7-20(19)29-2/h3-4,6-10,12,14H,5,11,13H2,1-2H3. The summed E-state index contributed by atoms with van der Waals surface area (Å²) in [6, 6.07) is 12.6. The minimum absolute atomic E-state index is 0.144. The Morgan fingerprint density at radius 2 is 2.03 bits per heavy atom. The second kappa shape index (κ2) is 8.93. The Labute approximate surface area is 183 Å². The van der Waals surface area contributed by atoms with Crippen molar-refractivity contribution in [1.82, 2.24) is 19.1 Å². The van der Waals surface area contributed by atoms with E-state index < -0.39 is 0 Å². The number of para-hydroxylation sites is 2. The van der Waals surface area contributed by atoms with E-state index in [4.69, 9.17) is 21.3 Å². The SMILES string of the molecule is COc1ccccc1-n1c(SCCCn2ccnc2C)nc2cc(Cl)ccc2c1=O. The molecule has 2 aromatic carbocycles. The summed E-state index contributed by atoms with van der Waals surface area (Å²) in [6.07, 6.45) is 4.69. The molecular weight excluding hydrogens is 420 g/mol. The molecule has 0 aliphatic heterocycles. The van der Waals surface area contributed by atoms with Crippen LogP contribution >= 0.6 is 23.4 Å². The molecule has 0 atom stereocenters. The van der Waals surface area contributed by atoms with Gasteiger partial charge in [-0.05, 0) is 43.7 Å². The van der Waals surface area contributed by atoms with E-state index in [1.165, 1.54) is 0 Å². The first-order chi connectivity index (χ1) is 14.6. The van der Waals surface area contributed by atoms with Crippen LogP contribution in [-0.2, 0) is 6.54 Å². The monoisotopic (exact) mass is 440 g/mol. The van der Waals surface area contributed by atoms with Crippen LogP contribution in [0.2, 0.25) is 5.02 Å². The van der Waals surface area contributed by atoms with E-state index in [-0.39, 0.29) is 5.56 Å². The Hall–Kier alpha value is -2.77. The average Bonchev–Trinajstić information content (AvgIpc) is 3.16. The molecule has 0 bridgehead atoms. The number of aryl methyl sites for hydroxylation is 2. The summed E-state index contributed by atoms with van der Waals surface area (Å²) in [5.41, 5.74) is 1.11. The number of benzene rings is 2. The molecule has 0 saturated heterocycles. The molecule has 0 aliphatic rings. The van der Waals surface area contributed by atoms with Crippen LogP contribution in [-0.4, -0.2) is 32.0 Å². The molecule has 30 heavy (non-hydrogen) atoms. The number of imidazole rings is 1. The molecule has 6 nitrogen and oxygen atoms in total. The summed E-state index contributed by atoms with van der Waals surface area (Å²) < 4.78 is 9.24. The zero-order chi connectivity index (χ0) is 21.1. The van der Waals surface area contributed by atoms with E-state index >= 15 is 0 Å². The lowest BCUT2D eigenvalue weighted by atomic mass is 10.2. The molecule has 0 amide bonds. The molecule has 0 N–H and O–H groups in total. The van der Waals surface area contributed by atoms with Crippen LogP contribution in [0, 0.1) is 6.92 Å². The lowest BCUT2D eigenvalue weighted by molar-refractivity contribution is 0.411. The maximum Gasteiger partial charge on any atom is 0.266 e. The zero-order valence-corrected chi connectivity index (χ0v) is 18.3. The number of rotatable bonds is 7. The number of nitrogens with zero attached hydrogens (tertiary/aromatic N) is 4. The third kappa shape index (κ3) is 4.08. The number of hydrogen-bond donors (Lipinski definition) is 0. The normalized spacial score (nSPS) is 11.2. The smallest absolute Gasteiger partial charge is 0.266 e. The minimum atomic E-state index is -0.144. The van der Waals surface area contributed by atoms with Crippen LogP contribution in [0.3, 0.4) is 0 Å². The second-order valence-electron chi connectivity index (χ2n) is 6.74. The molecule has 0 saturated carbocycles. The molecule has 0 unspecified atom stereocenters. The van der Waals surface area contributed by atoms with Gasteiger partial charge in [0.25, 0.3) is 5.56 Å². The van der Waals surface area contributed by atoms with E-state index in [1.54, 1.807) is 47.8 Å². The lowest BCUT2D eigenvalue weighted by Crippen LogP contribution is -2.22. The summed E-state index contributed by atoms with van der Waals surface area (Å²) in [7, 11) is 1.60. The van der Waals surface area contributed by atoms with Gasteiger partial charge in [-0.25, -0.2) is 9.97 Å². The average molecular weight is 441 g/mol. The van der Waals surface area contributed by atoms with Gasteiger partial charge in [0, 0.05) is 29.7 Å². The maximum absolute atomic E-state index is 13.4. The molecule has 154 valence electrons. The van der Waals surface area contributed by atoms with Gasteiger partial charge in [-0.15, -0.1) is 0 Å². The minimum Gasteiger partial charge on any atom is -0.495 e. The van der Waals surface area contributed by atoms with Crippen molar-refractivity contribution in [3.05, 3.63) is 76.1 Å². The predicted octanol–water partition coefficient (Wildman–Crippen LogP) is 4.74. The van der Waals surface area contributed by atoms with Gasteiger partial charge >= 0.3 is 0 Å². The molecule has 4 aromatic rings. The summed E-state index contributed by atoms with van der Waals surface area (Å²) in [5.74, 6) is 2.40. The van der Waals surface area contributed by atoms with Gasteiger partial charge in [0.05, 0.1) is 23.7 Å². The number of ether oxygens (including phenoxy) is 1. The third-order valence-electron chi connectivity index (χ3n) is 4.82. The van der Waals surface area contributed by atoms with E-state index in [1.807, 2.05) is 37.4 Å². The van der Waals surface area contributed by atoms with Crippen LogP contribution in [0.15, 0.2) is 64.8 Å². The van der Waals surface area contributed by atoms with Crippen molar-refractivity contribution in [2.75, 3.05) is 12.9 Å². The fourth-order valence-corrected chi connectivity index (χ4v) is 4.40. The highest BCUT2D eigenvalue weighted by molar-refractivity contribution is 7.99. The van der Waals surface area contributed by atoms with Gasteiger partial charge in [-0.3, -0.25) is 9.36 Å². The highest BCUT2D eigenvalue weighted by atomic mass is 35.5. The number of hydrogen-bond acceptors (Lipinski definition) is 5. The number of thioether (sulfide) groups is 1. The Kier molecular flexibility index (Phi) is 6.11. The predicted molar refractivity (Wildman–Crippen MR) is 121 cm³/mol.